The normalized spacial score (nSPS) is 11.0. The molecular formula is C23H15ClN6S2. The Morgan fingerprint density at radius 1 is 1.06 bits per heavy atom. The van der Waals surface area contributed by atoms with Gasteiger partial charge in [0.1, 0.15) is 21.9 Å². The highest BCUT2D eigenvalue weighted by atomic mass is 35.5. The lowest BCUT2D eigenvalue weighted by Crippen LogP contribution is -1.96. The molecule has 0 amide bonds. The Hall–Kier alpha value is -3.38. The maximum absolute atomic E-state index is 10.0. The minimum Gasteiger partial charge on any atom is -0.383 e. The number of H-pyrrole nitrogens is 1. The molecule has 3 heterocycles. The summed E-state index contributed by atoms with van der Waals surface area (Å²) in [6, 6.07) is 19.6. The molecule has 0 aliphatic carbocycles. The molecule has 0 fully saturated rings. The zero-order chi connectivity index (χ0) is 22.1. The average Bonchev–Trinajstić information content (AvgIpc) is 3.44. The van der Waals surface area contributed by atoms with Crippen molar-refractivity contribution >= 4 is 51.6 Å². The number of thioether (sulfide) groups is 1. The number of nitriles is 1. The van der Waals surface area contributed by atoms with Crippen LogP contribution in [0.2, 0.25) is 5.02 Å². The highest BCUT2D eigenvalue weighted by molar-refractivity contribution is 7.98. The van der Waals surface area contributed by atoms with Gasteiger partial charge in [0, 0.05) is 27.3 Å². The van der Waals surface area contributed by atoms with Gasteiger partial charge in [-0.25, -0.2) is 9.97 Å². The number of hydrogen-bond donors (Lipinski definition) is 2. The third-order valence-electron chi connectivity index (χ3n) is 4.87. The molecule has 2 aromatic carbocycles. The van der Waals surface area contributed by atoms with Crippen LogP contribution in [0, 0.1) is 11.3 Å². The van der Waals surface area contributed by atoms with Crippen LogP contribution in [0.1, 0.15) is 11.3 Å². The Kier molecular flexibility index (Phi) is 5.53. The Bertz CT molecular complexity index is 1450. The van der Waals surface area contributed by atoms with Crippen LogP contribution < -0.4 is 5.73 Å². The maximum Gasteiger partial charge on any atom is 0.184 e. The molecule has 6 nitrogen and oxygen atoms in total. The fourth-order valence-electron chi connectivity index (χ4n) is 3.40. The number of anilines is 1. The molecule has 9 heteroatoms. The highest BCUT2D eigenvalue weighted by Crippen LogP contribution is 2.39. The summed E-state index contributed by atoms with van der Waals surface area (Å²) in [5, 5.41) is 22.0. The average molecular weight is 475 g/mol. The summed E-state index contributed by atoms with van der Waals surface area (Å²) in [4.78, 5) is 9.35. The van der Waals surface area contributed by atoms with Crippen molar-refractivity contribution in [3.05, 3.63) is 76.3 Å². The van der Waals surface area contributed by atoms with Gasteiger partial charge in [-0.3, -0.25) is 5.10 Å². The van der Waals surface area contributed by atoms with Crippen molar-refractivity contribution in [3.63, 3.8) is 0 Å². The van der Waals surface area contributed by atoms with Gasteiger partial charge in [0.05, 0.1) is 16.6 Å². The first-order valence-corrected chi connectivity index (χ1v) is 11.8. The van der Waals surface area contributed by atoms with Crippen LogP contribution in [0.4, 0.5) is 5.82 Å². The molecule has 0 bridgehead atoms. The number of aromatic nitrogens is 4. The van der Waals surface area contributed by atoms with E-state index in [1.807, 2.05) is 60.0 Å². The quantitative estimate of drug-likeness (QED) is 0.296. The zero-order valence-electron chi connectivity index (χ0n) is 16.5. The Balaban J connectivity index is 1.50. The molecule has 3 aromatic heterocycles. The number of aromatic amines is 1. The van der Waals surface area contributed by atoms with Gasteiger partial charge in [-0.1, -0.05) is 65.8 Å². The third-order valence-corrected chi connectivity index (χ3v) is 7.07. The van der Waals surface area contributed by atoms with Crippen molar-refractivity contribution < 1.29 is 0 Å². The van der Waals surface area contributed by atoms with Gasteiger partial charge >= 0.3 is 0 Å². The molecule has 0 aliphatic heterocycles. The molecule has 0 atom stereocenters. The molecular weight excluding hydrogens is 460 g/mol. The lowest BCUT2D eigenvalue weighted by Gasteiger charge is -2.10. The second-order valence-corrected chi connectivity index (χ2v) is 9.18. The number of nitrogen functional groups attached to an aromatic ring is 1. The summed E-state index contributed by atoms with van der Waals surface area (Å²) in [5.41, 5.74) is 10.7. The van der Waals surface area contributed by atoms with Crippen LogP contribution in [0.3, 0.4) is 0 Å². The van der Waals surface area contributed by atoms with Crippen LogP contribution in [-0.4, -0.2) is 20.2 Å². The van der Waals surface area contributed by atoms with E-state index in [2.05, 4.69) is 21.3 Å². The number of thiazole rings is 1. The number of hydrogen-bond acceptors (Lipinski definition) is 7. The van der Waals surface area contributed by atoms with Crippen LogP contribution in [0.25, 0.3) is 32.7 Å². The first-order chi connectivity index (χ1) is 15.6. The molecule has 156 valence electrons. The molecule has 0 saturated carbocycles. The van der Waals surface area contributed by atoms with E-state index < -0.39 is 0 Å². The summed E-state index contributed by atoms with van der Waals surface area (Å²) in [5.74, 6) is 0.970. The van der Waals surface area contributed by atoms with Gasteiger partial charge in [0.2, 0.25) is 0 Å². The van der Waals surface area contributed by atoms with Crippen LogP contribution in [0.5, 0.6) is 0 Å². The number of nitrogens with zero attached hydrogens (tertiary/aromatic N) is 4. The van der Waals surface area contributed by atoms with Crippen LogP contribution >= 0.6 is 34.7 Å². The van der Waals surface area contributed by atoms with E-state index in [-0.39, 0.29) is 0 Å². The number of nitrogens with two attached hydrogens (primary N) is 1. The van der Waals surface area contributed by atoms with E-state index >= 15 is 0 Å². The van der Waals surface area contributed by atoms with Gasteiger partial charge in [-0.15, -0.1) is 11.3 Å². The number of pyridine rings is 1. The van der Waals surface area contributed by atoms with Crippen molar-refractivity contribution in [2.75, 3.05) is 5.73 Å². The molecule has 0 saturated heterocycles. The largest absolute Gasteiger partial charge is 0.383 e. The van der Waals surface area contributed by atoms with Gasteiger partial charge < -0.3 is 5.73 Å². The van der Waals surface area contributed by atoms with E-state index in [0.717, 1.165) is 27.4 Å². The van der Waals surface area contributed by atoms with Crippen LogP contribution in [-0.2, 0) is 5.75 Å². The molecule has 0 radical (unpaired) electrons. The molecule has 3 N–H and O–H groups in total. The summed E-state index contributed by atoms with van der Waals surface area (Å²) >= 11 is 9.02. The number of rotatable bonds is 5. The lowest BCUT2D eigenvalue weighted by molar-refractivity contribution is 1.07. The summed E-state index contributed by atoms with van der Waals surface area (Å²) in [6.45, 7) is 0. The summed E-state index contributed by atoms with van der Waals surface area (Å²) in [7, 11) is 0. The second-order valence-electron chi connectivity index (χ2n) is 6.92. The number of halogens is 1. The minimum absolute atomic E-state index is 0.395. The van der Waals surface area contributed by atoms with E-state index in [0.29, 0.717) is 38.2 Å². The first-order valence-electron chi connectivity index (χ1n) is 9.60. The van der Waals surface area contributed by atoms with E-state index in [4.69, 9.17) is 22.3 Å². The second kappa shape index (κ2) is 8.63. The first kappa shape index (κ1) is 20.5. The molecule has 0 aliphatic rings. The fourth-order valence-corrected chi connectivity index (χ4v) is 5.33. The van der Waals surface area contributed by atoms with Crippen molar-refractivity contribution in [3.8, 4) is 27.8 Å². The monoisotopic (exact) mass is 474 g/mol. The lowest BCUT2D eigenvalue weighted by atomic mass is 9.99. The smallest absolute Gasteiger partial charge is 0.184 e. The number of fused-ring (bicyclic) bond motifs is 1. The van der Waals surface area contributed by atoms with Gasteiger partial charge in [-0.2, -0.15) is 10.4 Å². The molecule has 32 heavy (non-hydrogen) atoms. The Labute approximate surface area is 197 Å². The van der Waals surface area contributed by atoms with Gasteiger partial charge in [0.25, 0.3) is 0 Å². The van der Waals surface area contributed by atoms with Crippen molar-refractivity contribution in [2.24, 2.45) is 0 Å². The van der Waals surface area contributed by atoms with Gasteiger partial charge in [-0.05, 0) is 17.7 Å². The zero-order valence-corrected chi connectivity index (χ0v) is 18.9. The summed E-state index contributed by atoms with van der Waals surface area (Å²) < 4.78 is 0. The number of benzene rings is 2. The van der Waals surface area contributed by atoms with E-state index in [1.54, 1.807) is 11.3 Å². The predicted molar refractivity (Wildman–Crippen MR) is 131 cm³/mol. The predicted octanol–water partition coefficient (Wildman–Crippen LogP) is 6.15. The fraction of sp³-hybridized carbons (Fsp3) is 0.0435. The maximum atomic E-state index is 10.0. The molecule has 5 aromatic rings. The number of nitrogens with one attached hydrogen (secondary N) is 1. The minimum atomic E-state index is 0.395. The molecule has 0 unspecified atom stereocenters. The summed E-state index contributed by atoms with van der Waals surface area (Å²) in [6.07, 6.45) is 0. The SMILES string of the molecule is N#Cc1c(SCc2csc(-c3ccc(Cl)cc3)n2)nc2n[nH]c(N)c2c1-c1ccccc1. The van der Waals surface area contributed by atoms with Crippen LogP contribution in [0.15, 0.2) is 65.0 Å². The van der Waals surface area contributed by atoms with E-state index in [1.165, 1.54) is 11.8 Å². The van der Waals surface area contributed by atoms with Crippen molar-refractivity contribution in [2.45, 2.75) is 10.8 Å². The standard InChI is InChI=1S/C23H15ClN6S2/c24-15-8-6-14(7-9-15)22-27-16(11-31-22)12-32-23-17(10-25)18(13-4-2-1-3-5-13)19-20(26)29-30-21(19)28-23/h1-9,11H,12H2,(H3,26,28,29,30). The third kappa shape index (κ3) is 3.82. The topological polar surface area (TPSA) is 104 Å². The van der Waals surface area contributed by atoms with E-state index in [9.17, 15) is 5.26 Å². The Morgan fingerprint density at radius 3 is 2.59 bits per heavy atom. The van der Waals surface area contributed by atoms with Crippen molar-refractivity contribution in [1.82, 2.24) is 20.2 Å². The van der Waals surface area contributed by atoms with Gasteiger partial charge in [0.15, 0.2) is 5.65 Å². The Morgan fingerprint density at radius 2 is 1.84 bits per heavy atom. The molecule has 0 spiro atoms. The van der Waals surface area contributed by atoms with Crippen molar-refractivity contribution in [1.29, 1.82) is 5.26 Å². The highest BCUT2D eigenvalue weighted by Gasteiger charge is 2.21. The molecule has 5 rings (SSSR count).